The van der Waals surface area contributed by atoms with Crippen LogP contribution in [0.25, 0.3) is 0 Å². The molecule has 19 heavy (non-hydrogen) atoms. The molecular formula is C13H26O6. The number of aliphatic hydroxyl groups excluding tert-OH is 4. The lowest BCUT2D eigenvalue weighted by molar-refractivity contribution is -0.278. The lowest BCUT2D eigenvalue weighted by atomic mass is 9.93. The summed E-state index contributed by atoms with van der Waals surface area (Å²) < 4.78 is 11.2. The molecule has 1 aliphatic rings. The lowest BCUT2D eigenvalue weighted by Gasteiger charge is -2.39. The Morgan fingerprint density at radius 1 is 1.05 bits per heavy atom. The first kappa shape index (κ1) is 16.8. The number of aliphatic hydroxyl groups is 4. The molecule has 0 amide bonds. The fourth-order valence-corrected chi connectivity index (χ4v) is 2.48. The van der Waals surface area contributed by atoms with Crippen molar-refractivity contribution in [2.45, 2.75) is 69.2 Å². The van der Waals surface area contributed by atoms with E-state index in [0.29, 0.717) is 0 Å². The van der Waals surface area contributed by atoms with E-state index in [1.807, 2.05) is 0 Å². The molecule has 6 nitrogen and oxygen atoms in total. The molecule has 0 spiro atoms. The van der Waals surface area contributed by atoms with E-state index in [9.17, 15) is 15.3 Å². The van der Waals surface area contributed by atoms with Gasteiger partial charge in [0.2, 0.25) is 0 Å². The van der Waals surface area contributed by atoms with Crippen LogP contribution in [0.1, 0.15) is 39.0 Å². The van der Waals surface area contributed by atoms with E-state index in [1.165, 1.54) is 0 Å². The summed E-state index contributed by atoms with van der Waals surface area (Å²) in [7, 11) is 1.57. The molecule has 1 saturated carbocycles. The molecule has 114 valence electrons. The molecule has 0 aromatic carbocycles. The monoisotopic (exact) mass is 278 g/mol. The fraction of sp³-hybridized carbons (Fsp3) is 1.00. The summed E-state index contributed by atoms with van der Waals surface area (Å²) in [5.41, 5.74) is 0. The Labute approximate surface area is 114 Å². The van der Waals surface area contributed by atoms with Crippen LogP contribution in [0.3, 0.4) is 0 Å². The minimum Gasteiger partial charge on any atom is -0.394 e. The van der Waals surface area contributed by atoms with Gasteiger partial charge in [0.15, 0.2) is 5.79 Å². The molecule has 1 aliphatic carbocycles. The summed E-state index contributed by atoms with van der Waals surface area (Å²) in [5, 5.41) is 37.7. The lowest BCUT2D eigenvalue weighted by Crippen LogP contribution is -2.50. The molecule has 0 aromatic heterocycles. The maximum Gasteiger partial charge on any atom is 0.168 e. The Hall–Kier alpha value is -0.240. The van der Waals surface area contributed by atoms with Gasteiger partial charge in [-0.3, -0.25) is 0 Å². The van der Waals surface area contributed by atoms with Crippen molar-refractivity contribution in [2.75, 3.05) is 13.7 Å². The standard InChI is InChI=1S/C13H26O6/c1-9(11(16)12(17)10(15)8-14)19-13(18-2)6-4-3-5-7-13/h9-12,14-17H,3-8H2,1-2H3/t9-,10+,11?,12?/m1/s1. The number of rotatable bonds is 7. The van der Waals surface area contributed by atoms with Crippen molar-refractivity contribution in [3.05, 3.63) is 0 Å². The van der Waals surface area contributed by atoms with Crippen molar-refractivity contribution in [3.63, 3.8) is 0 Å². The van der Waals surface area contributed by atoms with Crippen molar-refractivity contribution >= 4 is 0 Å². The molecule has 0 radical (unpaired) electrons. The van der Waals surface area contributed by atoms with Gasteiger partial charge in [0.05, 0.1) is 12.7 Å². The van der Waals surface area contributed by atoms with Gasteiger partial charge in [0, 0.05) is 20.0 Å². The SMILES string of the molecule is COC1(O[C@H](C)C(O)C(O)[C@@H](O)CO)CCCCC1. The third kappa shape index (κ3) is 4.37. The third-order valence-electron chi connectivity index (χ3n) is 3.80. The third-order valence-corrected chi connectivity index (χ3v) is 3.80. The van der Waals surface area contributed by atoms with Crippen LogP contribution in [0, 0.1) is 0 Å². The van der Waals surface area contributed by atoms with Gasteiger partial charge < -0.3 is 29.9 Å². The molecule has 0 heterocycles. The molecule has 0 bridgehead atoms. The summed E-state index contributed by atoms with van der Waals surface area (Å²) in [6, 6.07) is 0. The second-order valence-electron chi connectivity index (χ2n) is 5.23. The molecule has 4 N–H and O–H groups in total. The van der Waals surface area contributed by atoms with Gasteiger partial charge in [-0.2, -0.15) is 0 Å². The van der Waals surface area contributed by atoms with Gasteiger partial charge in [-0.15, -0.1) is 0 Å². The fourth-order valence-electron chi connectivity index (χ4n) is 2.48. The highest BCUT2D eigenvalue weighted by Gasteiger charge is 2.38. The van der Waals surface area contributed by atoms with Crippen LogP contribution >= 0.6 is 0 Å². The minimum absolute atomic E-state index is 0.611. The van der Waals surface area contributed by atoms with Crippen LogP contribution in [0.15, 0.2) is 0 Å². The number of ether oxygens (including phenoxy) is 2. The predicted octanol–water partition coefficient (Wildman–Crippen LogP) is -0.227. The van der Waals surface area contributed by atoms with E-state index < -0.39 is 36.8 Å². The zero-order valence-corrected chi connectivity index (χ0v) is 11.7. The molecule has 6 heteroatoms. The highest BCUT2D eigenvalue weighted by atomic mass is 16.7. The summed E-state index contributed by atoms with van der Waals surface area (Å²) >= 11 is 0. The Morgan fingerprint density at radius 2 is 1.63 bits per heavy atom. The molecule has 1 fully saturated rings. The van der Waals surface area contributed by atoms with E-state index in [4.69, 9.17) is 14.6 Å². The average molecular weight is 278 g/mol. The van der Waals surface area contributed by atoms with Gasteiger partial charge in [0.1, 0.15) is 18.3 Å². The second-order valence-corrected chi connectivity index (χ2v) is 5.23. The van der Waals surface area contributed by atoms with Crippen LogP contribution in [0.4, 0.5) is 0 Å². The Kier molecular flexibility index (Phi) is 6.65. The van der Waals surface area contributed by atoms with E-state index in [-0.39, 0.29) is 0 Å². The maximum absolute atomic E-state index is 9.93. The normalized spacial score (nSPS) is 25.6. The van der Waals surface area contributed by atoms with Crippen LogP contribution in [-0.4, -0.2) is 64.3 Å². The molecule has 0 saturated heterocycles. The van der Waals surface area contributed by atoms with Gasteiger partial charge >= 0.3 is 0 Å². The summed E-state index contributed by atoms with van der Waals surface area (Å²) in [6.45, 7) is 1.01. The molecule has 0 aromatic rings. The smallest absolute Gasteiger partial charge is 0.168 e. The number of hydrogen-bond acceptors (Lipinski definition) is 6. The van der Waals surface area contributed by atoms with Crippen molar-refractivity contribution in [1.82, 2.24) is 0 Å². The first-order valence-electron chi connectivity index (χ1n) is 6.84. The predicted molar refractivity (Wildman–Crippen MR) is 68.5 cm³/mol. The molecule has 0 aliphatic heterocycles. The van der Waals surface area contributed by atoms with Crippen LogP contribution < -0.4 is 0 Å². The van der Waals surface area contributed by atoms with E-state index >= 15 is 0 Å². The zero-order valence-electron chi connectivity index (χ0n) is 11.7. The molecule has 1 rings (SSSR count). The minimum atomic E-state index is -1.45. The largest absolute Gasteiger partial charge is 0.394 e. The quantitative estimate of drug-likeness (QED) is 0.480. The van der Waals surface area contributed by atoms with E-state index in [1.54, 1.807) is 14.0 Å². The highest BCUT2D eigenvalue weighted by molar-refractivity contribution is 4.83. The zero-order chi connectivity index (χ0) is 14.5. The Morgan fingerprint density at radius 3 is 2.11 bits per heavy atom. The van der Waals surface area contributed by atoms with Crippen molar-refractivity contribution < 1.29 is 29.9 Å². The number of hydrogen-bond donors (Lipinski definition) is 4. The summed E-state index contributed by atoms with van der Waals surface area (Å²) in [4.78, 5) is 0. The van der Waals surface area contributed by atoms with Gasteiger partial charge in [-0.05, 0) is 19.8 Å². The van der Waals surface area contributed by atoms with Crippen molar-refractivity contribution in [3.8, 4) is 0 Å². The molecule has 4 atom stereocenters. The van der Waals surface area contributed by atoms with Gasteiger partial charge in [0.25, 0.3) is 0 Å². The van der Waals surface area contributed by atoms with Crippen molar-refractivity contribution in [2.24, 2.45) is 0 Å². The summed E-state index contributed by atoms with van der Waals surface area (Å²) in [6.07, 6.45) is -0.180. The van der Waals surface area contributed by atoms with Crippen LogP contribution in [0.5, 0.6) is 0 Å². The average Bonchev–Trinajstić information content (AvgIpc) is 2.45. The van der Waals surface area contributed by atoms with Crippen molar-refractivity contribution in [1.29, 1.82) is 0 Å². The Bertz CT molecular complexity index is 254. The molecular weight excluding hydrogens is 252 g/mol. The van der Waals surface area contributed by atoms with Crippen LogP contribution in [0.2, 0.25) is 0 Å². The summed E-state index contributed by atoms with van der Waals surface area (Å²) in [5.74, 6) is -0.720. The van der Waals surface area contributed by atoms with Gasteiger partial charge in [-0.1, -0.05) is 6.42 Å². The Balaban J connectivity index is 2.58. The topological polar surface area (TPSA) is 99.4 Å². The van der Waals surface area contributed by atoms with E-state index in [2.05, 4.69) is 0 Å². The second kappa shape index (κ2) is 7.52. The first-order chi connectivity index (χ1) is 8.95. The van der Waals surface area contributed by atoms with E-state index in [0.717, 1.165) is 32.1 Å². The highest BCUT2D eigenvalue weighted by Crippen LogP contribution is 2.33. The number of methoxy groups -OCH3 is 1. The van der Waals surface area contributed by atoms with Crippen LogP contribution in [-0.2, 0) is 9.47 Å². The maximum atomic E-state index is 9.93. The molecule has 2 unspecified atom stereocenters. The van der Waals surface area contributed by atoms with Gasteiger partial charge in [-0.25, -0.2) is 0 Å². The first-order valence-corrected chi connectivity index (χ1v) is 6.84.